The third-order valence-corrected chi connectivity index (χ3v) is 2.08. The molecule has 0 aromatic heterocycles. The minimum atomic E-state index is -0.00843. The number of hydrogen-bond acceptors (Lipinski definition) is 2. The monoisotopic (exact) mass is 193 g/mol. The Labute approximate surface area is 84.0 Å². The summed E-state index contributed by atoms with van der Waals surface area (Å²) in [6, 6.07) is 5.27. The lowest BCUT2D eigenvalue weighted by Crippen LogP contribution is -2.23. The average molecular weight is 193 g/mol. The van der Waals surface area contributed by atoms with E-state index in [4.69, 9.17) is 0 Å². The molecule has 76 valence electrons. The molecule has 3 nitrogen and oxygen atoms in total. The smallest absolute Gasteiger partial charge is 0.226 e. The van der Waals surface area contributed by atoms with Gasteiger partial charge in [0.2, 0.25) is 5.91 Å². The highest BCUT2D eigenvalue weighted by atomic mass is 16.3. The van der Waals surface area contributed by atoms with Crippen molar-refractivity contribution < 1.29 is 9.90 Å². The largest absolute Gasteiger partial charge is 0.508 e. The van der Waals surface area contributed by atoms with Crippen molar-refractivity contribution in [3.05, 3.63) is 29.3 Å². The van der Waals surface area contributed by atoms with Gasteiger partial charge in [0, 0.05) is 19.7 Å². The molecule has 1 rings (SSSR count). The van der Waals surface area contributed by atoms with Crippen LogP contribution in [0.3, 0.4) is 0 Å². The maximum Gasteiger partial charge on any atom is 0.226 e. The topological polar surface area (TPSA) is 40.5 Å². The molecule has 1 amide bonds. The fourth-order valence-electron chi connectivity index (χ4n) is 1.18. The minimum absolute atomic E-state index is 0.00843. The number of rotatable bonds is 2. The fourth-order valence-corrected chi connectivity index (χ4v) is 1.18. The van der Waals surface area contributed by atoms with Gasteiger partial charge in [0.05, 0.1) is 6.42 Å². The Morgan fingerprint density at radius 3 is 2.64 bits per heavy atom. The normalized spacial score (nSPS) is 9.93. The number of hydrogen-bond donors (Lipinski definition) is 1. The molecule has 0 aliphatic rings. The molecular formula is C11H15NO2. The molecule has 3 heteroatoms. The third-order valence-electron chi connectivity index (χ3n) is 2.08. The van der Waals surface area contributed by atoms with Gasteiger partial charge in [-0.15, -0.1) is 0 Å². The molecule has 0 saturated heterocycles. The maximum absolute atomic E-state index is 11.4. The van der Waals surface area contributed by atoms with E-state index in [0.717, 1.165) is 5.56 Å². The summed E-state index contributed by atoms with van der Waals surface area (Å²) in [5, 5.41) is 9.49. The summed E-state index contributed by atoms with van der Waals surface area (Å²) in [4.78, 5) is 12.9. The van der Waals surface area contributed by atoms with Crippen LogP contribution in [0.2, 0.25) is 0 Å². The molecule has 1 aromatic rings. The van der Waals surface area contributed by atoms with E-state index in [0.29, 0.717) is 5.56 Å². The zero-order chi connectivity index (χ0) is 10.7. The van der Waals surface area contributed by atoms with Crippen molar-refractivity contribution in [2.24, 2.45) is 0 Å². The van der Waals surface area contributed by atoms with Crippen LogP contribution in [0.5, 0.6) is 5.75 Å². The number of phenolic OH excluding ortho intramolecular Hbond substituents is 1. The second-order valence-corrected chi connectivity index (χ2v) is 3.60. The highest BCUT2D eigenvalue weighted by Gasteiger charge is 2.09. The summed E-state index contributed by atoms with van der Waals surface area (Å²) in [5.41, 5.74) is 1.73. The Balaban J connectivity index is 2.86. The number of amides is 1. The number of likely N-dealkylation sites (N-methyl/N-ethyl adjacent to an activating group) is 1. The molecule has 0 aliphatic carbocycles. The molecule has 0 bridgehead atoms. The predicted octanol–water partition coefficient (Wildman–Crippen LogP) is 1.33. The molecule has 0 aliphatic heterocycles. The number of carbonyl (C=O) groups is 1. The third kappa shape index (κ3) is 2.49. The summed E-state index contributed by atoms with van der Waals surface area (Å²) in [5.74, 6) is 0.178. The van der Waals surface area contributed by atoms with Crippen molar-refractivity contribution in [2.75, 3.05) is 14.1 Å². The number of aromatic hydroxyl groups is 1. The van der Waals surface area contributed by atoms with Gasteiger partial charge in [0.15, 0.2) is 0 Å². The van der Waals surface area contributed by atoms with Crippen molar-refractivity contribution >= 4 is 5.91 Å². The van der Waals surface area contributed by atoms with Gasteiger partial charge in [0.1, 0.15) is 5.75 Å². The van der Waals surface area contributed by atoms with Crippen LogP contribution in [0.15, 0.2) is 18.2 Å². The maximum atomic E-state index is 11.4. The first-order chi connectivity index (χ1) is 6.50. The van der Waals surface area contributed by atoms with Crippen molar-refractivity contribution in [3.63, 3.8) is 0 Å². The lowest BCUT2D eigenvalue weighted by molar-refractivity contribution is -0.127. The molecule has 1 N–H and O–H groups in total. The van der Waals surface area contributed by atoms with Crippen LogP contribution in [0.4, 0.5) is 0 Å². The van der Waals surface area contributed by atoms with Gasteiger partial charge >= 0.3 is 0 Å². The van der Waals surface area contributed by atoms with Crippen LogP contribution in [-0.2, 0) is 11.2 Å². The second-order valence-electron chi connectivity index (χ2n) is 3.60. The summed E-state index contributed by atoms with van der Waals surface area (Å²) < 4.78 is 0. The van der Waals surface area contributed by atoms with Gasteiger partial charge in [-0.25, -0.2) is 0 Å². The molecular weight excluding hydrogens is 178 g/mol. The second kappa shape index (κ2) is 4.13. The van der Waals surface area contributed by atoms with Crippen molar-refractivity contribution in [2.45, 2.75) is 13.3 Å². The van der Waals surface area contributed by atoms with Crippen LogP contribution in [0.1, 0.15) is 11.1 Å². The van der Waals surface area contributed by atoms with Gasteiger partial charge in [-0.2, -0.15) is 0 Å². The van der Waals surface area contributed by atoms with Gasteiger partial charge in [-0.1, -0.05) is 17.7 Å². The van der Waals surface area contributed by atoms with Crippen LogP contribution < -0.4 is 0 Å². The summed E-state index contributed by atoms with van der Waals surface area (Å²) in [6.07, 6.45) is 0.251. The summed E-state index contributed by atoms with van der Waals surface area (Å²) >= 11 is 0. The van der Waals surface area contributed by atoms with E-state index in [-0.39, 0.29) is 18.1 Å². The van der Waals surface area contributed by atoms with Crippen molar-refractivity contribution in [3.8, 4) is 5.75 Å². The van der Waals surface area contributed by atoms with E-state index in [1.54, 1.807) is 20.2 Å². The standard InChI is InChI=1S/C11H15NO2/c1-8-4-5-10(13)9(6-8)7-11(14)12(2)3/h4-6,13H,7H2,1-3H3. The SMILES string of the molecule is Cc1ccc(O)c(CC(=O)N(C)C)c1. The predicted molar refractivity (Wildman–Crippen MR) is 55.2 cm³/mol. The number of benzene rings is 1. The average Bonchev–Trinajstić information content (AvgIpc) is 2.11. The van der Waals surface area contributed by atoms with E-state index in [1.165, 1.54) is 4.90 Å². The molecule has 0 saturated carbocycles. The number of phenols is 1. The molecule has 0 atom stereocenters. The lowest BCUT2D eigenvalue weighted by atomic mass is 10.1. The van der Waals surface area contributed by atoms with E-state index in [1.807, 2.05) is 19.1 Å². The van der Waals surface area contributed by atoms with Gasteiger partial charge < -0.3 is 10.0 Å². The first kappa shape index (κ1) is 10.6. The van der Waals surface area contributed by atoms with E-state index in [9.17, 15) is 9.90 Å². The Bertz CT molecular complexity index is 345. The first-order valence-electron chi connectivity index (χ1n) is 4.49. The zero-order valence-corrected chi connectivity index (χ0v) is 8.74. The summed E-state index contributed by atoms with van der Waals surface area (Å²) in [6.45, 7) is 1.93. The molecule has 1 aromatic carbocycles. The zero-order valence-electron chi connectivity index (χ0n) is 8.74. The van der Waals surface area contributed by atoms with Gasteiger partial charge in [-0.3, -0.25) is 4.79 Å². The van der Waals surface area contributed by atoms with Crippen LogP contribution in [0, 0.1) is 6.92 Å². The molecule has 14 heavy (non-hydrogen) atoms. The van der Waals surface area contributed by atoms with Gasteiger partial charge in [-0.05, 0) is 13.0 Å². The molecule has 0 unspecified atom stereocenters. The van der Waals surface area contributed by atoms with Crippen molar-refractivity contribution in [1.82, 2.24) is 4.90 Å². The van der Waals surface area contributed by atoms with Crippen LogP contribution in [0.25, 0.3) is 0 Å². The highest BCUT2D eigenvalue weighted by Crippen LogP contribution is 2.18. The fraction of sp³-hybridized carbons (Fsp3) is 0.364. The first-order valence-corrected chi connectivity index (χ1v) is 4.49. The Hall–Kier alpha value is -1.51. The minimum Gasteiger partial charge on any atom is -0.508 e. The Morgan fingerprint density at radius 1 is 1.43 bits per heavy atom. The van der Waals surface area contributed by atoms with E-state index < -0.39 is 0 Å². The number of aryl methyl sites for hydroxylation is 1. The molecule has 0 heterocycles. The Kier molecular flexibility index (Phi) is 3.12. The summed E-state index contributed by atoms with van der Waals surface area (Å²) in [7, 11) is 3.41. The van der Waals surface area contributed by atoms with Crippen LogP contribution >= 0.6 is 0 Å². The highest BCUT2D eigenvalue weighted by molar-refractivity contribution is 5.79. The quantitative estimate of drug-likeness (QED) is 0.769. The number of nitrogens with zero attached hydrogens (tertiary/aromatic N) is 1. The van der Waals surface area contributed by atoms with Gasteiger partial charge in [0.25, 0.3) is 0 Å². The van der Waals surface area contributed by atoms with Crippen molar-refractivity contribution in [1.29, 1.82) is 0 Å². The molecule has 0 fully saturated rings. The lowest BCUT2D eigenvalue weighted by Gasteiger charge is -2.11. The van der Waals surface area contributed by atoms with Crippen LogP contribution in [-0.4, -0.2) is 30.0 Å². The Morgan fingerprint density at radius 2 is 2.07 bits per heavy atom. The number of carbonyl (C=O) groups excluding carboxylic acids is 1. The van der Waals surface area contributed by atoms with E-state index >= 15 is 0 Å². The molecule has 0 radical (unpaired) electrons. The van der Waals surface area contributed by atoms with E-state index in [2.05, 4.69) is 0 Å². The molecule has 0 spiro atoms.